The first-order chi connectivity index (χ1) is 8.11. The number of aromatic nitrogens is 2. The van der Waals surface area contributed by atoms with Crippen LogP contribution in [0.1, 0.15) is 12.1 Å². The number of ether oxygens (including phenoxy) is 1. The van der Waals surface area contributed by atoms with Crippen LogP contribution in [0.4, 0.5) is 11.5 Å². The molecule has 90 valence electrons. The summed E-state index contributed by atoms with van der Waals surface area (Å²) in [6.07, 6.45) is 0.624. The van der Waals surface area contributed by atoms with Gasteiger partial charge >= 0.3 is 0 Å². The number of nitrogens with one attached hydrogen (secondary N) is 2. The SMILES string of the molecule is Cc1nc(Cl)nc2c1NC(=O)C1(CCOC1)N2. The largest absolute Gasteiger partial charge is 0.378 e. The molecule has 2 aliphatic rings. The molecule has 1 saturated heterocycles. The average Bonchev–Trinajstić information content (AvgIpc) is 2.71. The molecule has 17 heavy (non-hydrogen) atoms. The molecule has 0 aliphatic carbocycles. The number of carbonyl (C=O) groups excluding carboxylic acids is 1. The monoisotopic (exact) mass is 254 g/mol. The Morgan fingerprint density at radius 2 is 2.29 bits per heavy atom. The molecule has 1 spiro atoms. The predicted octanol–water partition coefficient (Wildman–Crippen LogP) is 0.962. The van der Waals surface area contributed by atoms with Crippen molar-refractivity contribution in [3.63, 3.8) is 0 Å². The number of carbonyl (C=O) groups is 1. The standard InChI is InChI=1S/C10H11ClN4O2/c1-5-6-7(14-9(11)12-5)15-10(8(16)13-6)2-3-17-4-10/h2-4H2,1H3,(H,13,16)(H,12,14,15). The second kappa shape index (κ2) is 3.54. The van der Waals surface area contributed by atoms with E-state index in [1.54, 1.807) is 6.92 Å². The summed E-state index contributed by atoms with van der Waals surface area (Å²) in [4.78, 5) is 20.2. The van der Waals surface area contributed by atoms with Crippen molar-refractivity contribution in [2.45, 2.75) is 18.9 Å². The van der Waals surface area contributed by atoms with Gasteiger partial charge in [-0.25, -0.2) is 4.98 Å². The number of amides is 1. The quantitative estimate of drug-likeness (QED) is 0.675. The van der Waals surface area contributed by atoms with Gasteiger partial charge in [0.25, 0.3) is 5.91 Å². The fraction of sp³-hybridized carbons (Fsp3) is 0.500. The molecule has 2 aliphatic heterocycles. The van der Waals surface area contributed by atoms with E-state index in [4.69, 9.17) is 16.3 Å². The number of halogens is 1. The fourth-order valence-corrected chi connectivity index (χ4v) is 2.35. The Morgan fingerprint density at radius 3 is 3.00 bits per heavy atom. The van der Waals surface area contributed by atoms with Crippen LogP contribution in [0.2, 0.25) is 5.28 Å². The molecule has 0 saturated carbocycles. The zero-order chi connectivity index (χ0) is 12.0. The lowest BCUT2D eigenvalue weighted by atomic mass is 9.95. The molecule has 7 heteroatoms. The number of aryl methyl sites for hydroxylation is 1. The van der Waals surface area contributed by atoms with Gasteiger partial charge in [-0.15, -0.1) is 0 Å². The van der Waals surface area contributed by atoms with Crippen LogP contribution in [0.3, 0.4) is 0 Å². The molecule has 1 aromatic heterocycles. The van der Waals surface area contributed by atoms with Crippen LogP contribution in [0.5, 0.6) is 0 Å². The summed E-state index contributed by atoms with van der Waals surface area (Å²) in [5.74, 6) is 0.462. The Labute approximate surface area is 103 Å². The highest BCUT2D eigenvalue weighted by molar-refractivity contribution is 6.28. The highest BCUT2D eigenvalue weighted by Gasteiger charge is 2.46. The maximum atomic E-state index is 12.1. The highest BCUT2D eigenvalue weighted by atomic mass is 35.5. The van der Waals surface area contributed by atoms with E-state index in [0.717, 1.165) is 0 Å². The van der Waals surface area contributed by atoms with Gasteiger partial charge in [-0.1, -0.05) is 0 Å². The van der Waals surface area contributed by atoms with Crippen molar-refractivity contribution in [1.82, 2.24) is 9.97 Å². The lowest BCUT2D eigenvalue weighted by Gasteiger charge is -2.33. The summed E-state index contributed by atoms with van der Waals surface area (Å²) in [6.45, 7) is 2.68. The topological polar surface area (TPSA) is 76.1 Å². The first-order valence-electron chi connectivity index (χ1n) is 5.32. The van der Waals surface area contributed by atoms with E-state index in [-0.39, 0.29) is 11.2 Å². The summed E-state index contributed by atoms with van der Waals surface area (Å²) in [6, 6.07) is 0. The van der Waals surface area contributed by atoms with Gasteiger partial charge in [0.1, 0.15) is 11.2 Å². The normalized spacial score (nSPS) is 26.6. The zero-order valence-corrected chi connectivity index (χ0v) is 9.97. The molecule has 6 nitrogen and oxygen atoms in total. The van der Waals surface area contributed by atoms with Crippen molar-refractivity contribution in [2.75, 3.05) is 23.8 Å². The van der Waals surface area contributed by atoms with Crippen LogP contribution >= 0.6 is 11.6 Å². The van der Waals surface area contributed by atoms with E-state index < -0.39 is 5.54 Å². The summed E-state index contributed by atoms with van der Waals surface area (Å²) >= 11 is 5.81. The lowest BCUT2D eigenvalue weighted by molar-refractivity contribution is -0.120. The van der Waals surface area contributed by atoms with Crippen molar-refractivity contribution in [1.29, 1.82) is 0 Å². The Bertz CT molecular complexity index is 499. The van der Waals surface area contributed by atoms with E-state index in [0.29, 0.717) is 36.8 Å². The molecular formula is C10H11ClN4O2. The van der Waals surface area contributed by atoms with Crippen LogP contribution < -0.4 is 10.6 Å². The Kier molecular flexibility index (Phi) is 2.24. The smallest absolute Gasteiger partial charge is 0.252 e. The molecule has 1 amide bonds. The van der Waals surface area contributed by atoms with E-state index in [1.807, 2.05) is 0 Å². The van der Waals surface area contributed by atoms with Gasteiger partial charge in [-0.2, -0.15) is 4.98 Å². The number of rotatable bonds is 0. The van der Waals surface area contributed by atoms with Gasteiger partial charge in [0, 0.05) is 13.0 Å². The predicted molar refractivity (Wildman–Crippen MR) is 62.2 cm³/mol. The second-order valence-electron chi connectivity index (χ2n) is 4.27. The van der Waals surface area contributed by atoms with Crippen molar-refractivity contribution in [3.05, 3.63) is 11.0 Å². The van der Waals surface area contributed by atoms with Crippen LogP contribution in [0.15, 0.2) is 0 Å². The van der Waals surface area contributed by atoms with Crippen LogP contribution in [0.25, 0.3) is 0 Å². The van der Waals surface area contributed by atoms with Gasteiger partial charge in [0.05, 0.1) is 12.3 Å². The van der Waals surface area contributed by atoms with Crippen LogP contribution in [-0.4, -0.2) is 34.6 Å². The van der Waals surface area contributed by atoms with Gasteiger partial charge < -0.3 is 15.4 Å². The van der Waals surface area contributed by atoms with Crippen molar-refractivity contribution in [3.8, 4) is 0 Å². The molecule has 3 heterocycles. The summed E-state index contributed by atoms with van der Waals surface area (Å²) in [7, 11) is 0. The highest BCUT2D eigenvalue weighted by Crippen LogP contribution is 2.35. The molecule has 1 aromatic rings. The molecule has 3 rings (SSSR count). The number of hydrogen-bond donors (Lipinski definition) is 2. The summed E-state index contributed by atoms with van der Waals surface area (Å²) in [5.41, 5.74) is 0.531. The third-order valence-electron chi connectivity index (χ3n) is 3.12. The minimum absolute atomic E-state index is 0.100. The average molecular weight is 255 g/mol. The Morgan fingerprint density at radius 1 is 1.47 bits per heavy atom. The van der Waals surface area contributed by atoms with Crippen molar-refractivity contribution in [2.24, 2.45) is 0 Å². The number of fused-ring (bicyclic) bond motifs is 1. The second-order valence-corrected chi connectivity index (χ2v) is 4.60. The number of anilines is 2. The van der Waals surface area contributed by atoms with Gasteiger partial charge in [0.2, 0.25) is 5.28 Å². The van der Waals surface area contributed by atoms with Gasteiger partial charge in [-0.3, -0.25) is 4.79 Å². The van der Waals surface area contributed by atoms with Crippen LogP contribution in [0, 0.1) is 6.92 Å². The molecular weight excluding hydrogens is 244 g/mol. The van der Waals surface area contributed by atoms with E-state index in [9.17, 15) is 4.79 Å². The Balaban J connectivity index is 2.07. The molecule has 0 aromatic carbocycles. The number of hydrogen-bond acceptors (Lipinski definition) is 5. The third kappa shape index (κ3) is 1.56. The first kappa shape index (κ1) is 10.7. The summed E-state index contributed by atoms with van der Waals surface area (Å²) in [5, 5.41) is 6.12. The zero-order valence-electron chi connectivity index (χ0n) is 9.21. The molecule has 0 radical (unpaired) electrons. The molecule has 1 unspecified atom stereocenters. The number of nitrogens with zero attached hydrogens (tertiary/aromatic N) is 2. The van der Waals surface area contributed by atoms with Gasteiger partial charge in [0.15, 0.2) is 5.82 Å². The molecule has 0 bridgehead atoms. The van der Waals surface area contributed by atoms with E-state index in [1.165, 1.54) is 0 Å². The van der Waals surface area contributed by atoms with Gasteiger partial charge in [-0.05, 0) is 18.5 Å². The molecule has 1 atom stereocenters. The maximum Gasteiger partial charge on any atom is 0.252 e. The summed E-state index contributed by atoms with van der Waals surface area (Å²) < 4.78 is 5.28. The third-order valence-corrected chi connectivity index (χ3v) is 3.28. The Hall–Kier alpha value is -1.40. The van der Waals surface area contributed by atoms with E-state index in [2.05, 4.69) is 20.6 Å². The maximum absolute atomic E-state index is 12.1. The minimum Gasteiger partial charge on any atom is -0.378 e. The molecule has 2 N–H and O–H groups in total. The minimum atomic E-state index is -0.711. The van der Waals surface area contributed by atoms with Crippen LogP contribution in [-0.2, 0) is 9.53 Å². The molecule has 1 fully saturated rings. The first-order valence-corrected chi connectivity index (χ1v) is 5.70. The fourth-order valence-electron chi connectivity index (χ4n) is 2.14. The van der Waals surface area contributed by atoms with E-state index >= 15 is 0 Å². The lowest BCUT2D eigenvalue weighted by Crippen LogP contribution is -2.53. The van der Waals surface area contributed by atoms with Crippen molar-refractivity contribution >= 4 is 29.0 Å². The van der Waals surface area contributed by atoms with Crippen molar-refractivity contribution < 1.29 is 9.53 Å².